The summed E-state index contributed by atoms with van der Waals surface area (Å²) in [5.41, 5.74) is 1.62. The van der Waals surface area contributed by atoms with Crippen molar-refractivity contribution < 1.29 is 19.4 Å². The van der Waals surface area contributed by atoms with Crippen LogP contribution in [-0.4, -0.2) is 30.7 Å². The van der Waals surface area contributed by atoms with Gasteiger partial charge in [0.1, 0.15) is 12.4 Å². The Bertz CT molecular complexity index is 616. The van der Waals surface area contributed by atoms with E-state index in [9.17, 15) is 9.90 Å². The summed E-state index contributed by atoms with van der Waals surface area (Å²) in [4.78, 5) is 10.9. The third-order valence-electron chi connectivity index (χ3n) is 3.26. The standard InChI is InChI=1S/C18H19BrO4/c19-18-15(11-20)7-4-8-17(18)23-13-16(21)9-10-22-12-14-5-2-1-3-6-14/h1-8,11,16,21H,9-10,12-13H2. The van der Waals surface area contributed by atoms with Gasteiger partial charge in [-0.15, -0.1) is 0 Å². The average molecular weight is 379 g/mol. The molecule has 4 nitrogen and oxygen atoms in total. The summed E-state index contributed by atoms with van der Waals surface area (Å²) >= 11 is 3.32. The van der Waals surface area contributed by atoms with E-state index >= 15 is 0 Å². The van der Waals surface area contributed by atoms with Crippen LogP contribution in [-0.2, 0) is 11.3 Å². The first-order chi connectivity index (χ1) is 11.2. The van der Waals surface area contributed by atoms with Crippen LogP contribution in [0, 0.1) is 0 Å². The highest BCUT2D eigenvalue weighted by Gasteiger charge is 2.09. The minimum Gasteiger partial charge on any atom is -0.490 e. The van der Waals surface area contributed by atoms with Crippen molar-refractivity contribution >= 4 is 22.2 Å². The van der Waals surface area contributed by atoms with Gasteiger partial charge in [0.15, 0.2) is 6.29 Å². The molecule has 122 valence electrons. The molecule has 0 aromatic heterocycles. The van der Waals surface area contributed by atoms with E-state index in [2.05, 4.69) is 15.9 Å². The fourth-order valence-electron chi connectivity index (χ4n) is 1.98. The van der Waals surface area contributed by atoms with E-state index in [0.717, 1.165) is 11.8 Å². The Balaban J connectivity index is 1.69. The molecule has 0 saturated heterocycles. The molecule has 0 aliphatic carbocycles. The van der Waals surface area contributed by atoms with Crippen LogP contribution in [0.15, 0.2) is 53.0 Å². The van der Waals surface area contributed by atoms with Crippen molar-refractivity contribution in [2.45, 2.75) is 19.1 Å². The number of carbonyl (C=O) groups is 1. The second kappa shape index (κ2) is 9.45. The molecule has 0 bridgehead atoms. The lowest BCUT2D eigenvalue weighted by atomic mass is 10.2. The molecule has 0 aliphatic rings. The molecule has 0 heterocycles. The Morgan fingerprint density at radius 3 is 2.65 bits per heavy atom. The van der Waals surface area contributed by atoms with Gasteiger partial charge in [-0.3, -0.25) is 4.79 Å². The second-order valence-electron chi connectivity index (χ2n) is 5.07. The maximum Gasteiger partial charge on any atom is 0.151 e. The Morgan fingerprint density at radius 1 is 1.13 bits per heavy atom. The molecule has 2 aromatic carbocycles. The van der Waals surface area contributed by atoms with Gasteiger partial charge in [-0.2, -0.15) is 0 Å². The zero-order chi connectivity index (χ0) is 16.5. The van der Waals surface area contributed by atoms with Gasteiger partial charge >= 0.3 is 0 Å². The van der Waals surface area contributed by atoms with Gasteiger partial charge in [0.25, 0.3) is 0 Å². The van der Waals surface area contributed by atoms with Gasteiger partial charge in [0, 0.05) is 18.6 Å². The number of aliphatic hydroxyl groups excluding tert-OH is 1. The Morgan fingerprint density at radius 2 is 1.91 bits per heavy atom. The van der Waals surface area contributed by atoms with Crippen LogP contribution in [0.5, 0.6) is 5.75 Å². The number of aliphatic hydroxyl groups is 1. The number of rotatable bonds is 9. The Kier molecular flexibility index (Phi) is 7.26. The number of benzene rings is 2. The van der Waals surface area contributed by atoms with Crippen LogP contribution >= 0.6 is 15.9 Å². The van der Waals surface area contributed by atoms with Crippen molar-refractivity contribution in [2.75, 3.05) is 13.2 Å². The summed E-state index contributed by atoms with van der Waals surface area (Å²) in [6.45, 7) is 1.13. The molecule has 0 fully saturated rings. The van der Waals surface area contributed by atoms with E-state index < -0.39 is 6.10 Å². The van der Waals surface area contributed by atoms with Crippen LogP contribution in [0.25, 0.3) is 0 Å². The first-order valence-corrected chi connectivity index (χ1v) is 8.16. The van der Waals surface area contributed by atoms with Crippen molar-refractivity contribution in [3.05, 3.63) is 64.1 Å². The molecule has 1 unspecified atom stereocenters. The topological polar surface area (TPSA) is 55.8 Å². The highest BCUT2D eigenvalue weighted by molar-refractivity contribution is 9.10. The van der Waals surface area contributed by atoms with Crippen molar-refractivity contribution in [2.24, 2.45) is 0 Å². The van der Waals surface area contributed by atoms with Crippen molar-refractivity contribution in [3.8, 4) is 5.75 Å². The molecule has 1 atom stereocenters. The maximum atomic E-state index is 10.9. The summed E-state index contributed by atoms with van der Waals surface area (Å²) < 4.78 is 11.7. The summed E-state index contributed by atoms with van der Waals surface area (Å²) in [5.74, 6) is 0.541. The molecule has 1 N–H and O–H groups in total. The molecular formula is C18H19BrO4. The largest absolute Gasteiger partial charge is 0.490 e. The van der Waals surface area contributed by atoms with Gasteiger partial charge < -0.3 is 14.6 Å². The van der Waals surface area contributed by atoms with E-state index in [-0.39, 0.29) is 6.61 Å². The molecule has 0 saturated carbocycles. The van der Waals surface area contributed by atoms with Gasteiger partial charge in [-0.25, -0.2) is 0 Å². The Hall–Kier alpha value is -1.69. The normalized spacial score (nSPS) is 11.9. The van der Waals surface area contributed by atoms with Crippen LogP contribution in [0.2, 0.25) is 0 Å². The van der Waals surface area contributed by atoms with E-state index in [1.54, 1.807) is 18.2 Å². The SMILES string of the molecule is O=Cc1cccc(OCC(O)CCOCc2ccccc2)c1Br. The van der Waals surface area contributed by atoms with Crippen molar-refractivity contribution in [3.63, 3.8) is 0 Å². The fourth-order valence-corrected chi connectivity index (χ4v) is 2.46. The first-order valence-electron chi connectivity index (χ1n) is 7.37. The number of hydrogen-bond acceptors (Lipinski definition) is 4. The lowest BCUT2D eigenvalue weighted by molar-refractivity contribution is 0.0496. The smallest absolute Gasteiger partial charge is 0.151 e. The molecule has 0 amide bonds. The lowest BCUT2D eigenvalue weighted by Crippen LogP contribution is -2.19. The van der Waals surface area contributed by atoms with Crippen LogP contribution in [0.3, 0.4) is 0 Å². The molecule has 0 radical (unpaired) electrons. The van der Waals surface area contributed by atoms with Crippen molar-refractivity contribution in [1.29, 1.82) is 0 Å². The Labute approximate surface area is 144 Å². The molecule has 0 spiro atoms. The predicted molar refractivity (Wildman–Crippen MR) is 91.7 cm³/mol. The summed E-state index contributed by atoms with van der Waals surface area (Å²) in [5, 5.41) is 9.94. The van der Waals surface area contributed by atoms with Gasteiger partial charge in [0.05, 0.1) is 17.2 Å². The molecule has 0 aliphatic heterocycles. The number of carbonyl (C=O) groups excluding carboxylic acids is 1. The van der Waals surface area contributed by atoms with Crippen molar-refractivity contribution in [1.82, 2.24) is 0 Å². The zero-order valence-electron chi connectivity index (χ0n) is 12.7. The third-order valence-corrected chi connectivity index (χ3v) is 4.11. The van der Waals surface area contributed by atoms with Crippen LogP contribution in [0.4, 0.5) is 0 Å². The third kappa shape index (κ3) is 5.78. The first kappa shape index (κ1) is 17.7. The van der Waals surface area contributed by atoms with E-state index in [1.807, 2.05) is 30.3 Å². The molecule has 23 heavy (non-hydrogen) atoms. The fraction of sp³-hybridized carbons (Fsp3) is 0.278. The van der Waals surface area contributed by atoms with Gasteiger partial charge in [0.2, 0.25) is 0 Å². The molecule has 5 heteroatoms. The number of hydrogen-bond donors (Lipinski definition) is 1. The van der Waals surface area contributed by atoms with E-state index in [1.165, 1.54) is 0 Å². The average Bonchev–Trinajstić information content (AvgIpc) is 2.59. The lowest BCUT2D eigenvalue weighted by Gasteiger charge is -2.14. The minimum atomic E-state index is -0.627. The maximum absolute atomic E-state index is 10.9. The van der Waals surface area contributed by atoms with Crippen LogP contribution in [0.1, 0.15) is 22.3 Å². The monoisotopic (exact) mass is 378 g/mol. The van der Waals surface area contributed by atoms with E-state index in [4.69, 9.17) is 9.47 Å². The summed E-state index contributed by atoms with van der Waals surface area (Å²) in [6, 6.07) is 15.1. The number of halogens is 1. The van der Waals surface area contributed by atoms with Gasteiger partial charge in [-0.05, 0) is 27.6 Å². The van der Waals surface area contributed by atoms with Gasteiger partial charge in [-0.1, -0.05) is 42.5 Å². The molecule has 2 aromatic rings. The zero-order valence-corrected chi connectivity index (χ0v) is 14.2. The predicted octanol–water partition coefficient (Wildman–Crippen LogP) is 3.61. The molecule has 2 rings (SSSR count). The minimum absolute atomic E-state index is 0.148. The van der Waals surface area contributed by atoms with E-state index in [0.29, 0.717) is 35.4 Å². The number of aldehydes is 1. The molecular weight excluding hydrogens is 360 g/mol. The highest BCUT2D eigenvalue weighted by atomic mass is 79.9. The summed E-state index contributed by atoms with van der Waals surface area (Å²) in [7, 11) is 0. The van der Waals surface area contributed by atoms with Crippen LogP contribution < -0.4 is 4.74 Å². The quantitative estimate of drug-likeness (QED) is 0.534. The number of ether oxygens (including phenoxy) is 2. The second-order valence-corrected chi connectivity index (χ2v) is 5.86. The summed E-state index contributed by atoms with van der Waals surface area (Å²) in [6.07, 6.45) is 0.611. The highest BCUT2D eigenvalue weighted by Crippen LogP contribution is 2.27.